The second kappa shape index (κ2) is 18.1. The highest BCUT2D eigenvalue weighted by molar-refractivity contribution is 7.27. The summed E-state index contributed by atoms with van der Waals surface area (Å²) in [5.41, 5.74) is 16.2. The third-order valence-electron chi connectivity index (χ3n) is 16.2. The normalized spacial score (nSPS) is 11.7. The molecule has 370 valence electrons. The van der Waals surface area contributed by atoms with Gasteiger partial charge in [0.1, 0.15) is 6.07 Å². The van der Waals surface area contributed by atoms with Crippen molar-refractivity contribution in [1.29, 1.82) is 5.26 Å². The maximum atomic E-state index is 12.4. The van der Waals surface area contributed by atoms with Gasteiger partial charge in [-0.15, -0.1) is 22.7 Å². The van der Waals surface area contributed by atoms with E-state index < -0.39 is 0 Å². The lowest BCUT2D eigenvalue weighted by atomic mass is 9.88. The van der Waals surface area contributed by atoms with E-state index in [1.807, 2.05) is 24.3 Å². The molecule has 6 heteroatoms. The van der Waals surface area contributed by atoms with Crippen LogP contribution in [0.25, 0.3) is 156 Å². The Morgan fingerprint density at radius 3 is 1.35 bits per heavy atom. The zero-order valence-electron chi connectivity index (χ0n) is 42.9. The Labute approximate surface area is 468 Å². The Kier molecular flexibility index (Phi) is 10.4. The molecule has 0 aliphatic carbocycles. The second-order valence-corrected chi connectivity index (χ2v) is 22.5. The molecular formula is C74H42N4S2. The first-order chi connectivity index (χ1) is 39.6. The van der Waals surface area contributed by atoms with Crippen molar-refractivity contribution in [1.82, 2.24) is 9.13 Å². The van der Waals surface area contributed by atoms with Gasteiger partial charge in [-0.3, -0.25) is 0 Å². The lowest BCUT2D eigenvalue weighted by molar-refractivity contribution is 1.14. The molecule has 4 nitrogen and oxygen atoms in total. The summed E-state index contributed by atoms with van der Waals surface area (Å²) < 4.78 is 9.42. The highest BCUT2D eigenvalue weighted by Gasteiger charge is 2.33. The van der Waals surface area contributed by atoms with Gasteiger partial charge in [0.2, 0.25) is 5.69 Å². The van der Waals surface area contributed by atoms with Gasteiger partial charge in [0.05, 0.1) is 55.0 Å². The van der Waals surface area contributed by atoms with E-state index in [1.165, 1.54) is 31.3 Å². The number of hydrogen-bond acceptors (Lipinski definition) is 3. The van der Waals surface area contributed by atoms with Crippen molar-refractivity contribution in [3.63, 3.8) is 0 Å². The lowest BCUT2D eigenvalue weighted by Crippen LogP contribution is -2.09. The summed E-state index contributed by atoms with van der Waals surface area (Å²) in [4.78, 5) is 4.64. The van der Waals surface area contributed by atoms with Crippen molar-refractivity contribution in [3.05, 3.63) is 272 Å². The van der Waals surface area contributed by atoms with Gasteiger partial charge in [-0.25, -0.2) is 4.85 Å². The van der Waals surface area contributed by atoms with Crippen molar-refractivity contribution >= 4 is 112 Å². The smallest absolute Gasteiger partial charge is 0.220 e. The van der Waals surface area contributed by atoms with E-state index in [0.29, 0.717) is 16.8 Å². The SMILES string of the molecule is [C-]#[N+]c1c(-c2ccccc2)c(C#N)c(-n2c3c(ccc4c5cc(-c6ccccc6)ccc5sc43)c3ccc4c5cc(-c6ccccc6)ccc5sc4c32)c(-c2ccccc2)c1-n1c2ccccc2c2c(-c3ccccc3)cccc21. The van der Waals surface area contributed by atoms with E-state index in [1.54, 1.807) is 22.7 Å². The van der Waals surface area contributed by atoms with Crippen molar-refractivity contribution < 1.29 is 0 Å². The summed E-state index contributed by atoms with van der Waals surface area (Å²) in [7, 11) is 0. The molecular weight excluding hydrogens is 1010 g/mol. The molecule has 0 N–H and O–H groups in total. The van der Waals surface area contributed by atoms with Crippen molar-refractivity contribution in [2.75, 3.05) is 0 Å². The second-order valence-electron chi connectivity index (χ2n) is 20.4. The number of benzene rings is 12. The van der Waals surface area contributed by atoms with Gasteiger partial charge in [-0.1, -0.05) is 218 Å². The van der Waals surface area contributed by atoms with Gasteiger partial charge in [-0.2, -0.15) is 5.26 Å². The van der Waals surface area contributed by atoms with Gasteiger partial charge in [0.15, 0.2) is 0 Å². The molecule has 16 aromatic rings. The van der Waals surface area contributed by atoms with E-state index in [-0.39, 0.29) is 0 Å². The van der Waals surface area contributed by atoms with E-state index in [4.69, 9.17) is 0 Å². The van der Waals surface area contributed by atoms with Crippen LogP contribution in [0.2, 0.25) is 0 Å². The molecule has 0 radical (unpaired) electrons. The Morgan fingerprint density at radius 1 is 0.362 bits per heavy atom. The molecule has 0 aliphatic rings. The maximum absolute atomic E-state index is 12.4. The highest BCUT2D eigenvalue weighted by Crippen LogP contribution is 2.55. The number of fused-ring (bicyclic) bond motifs is 14. The third kappa shape index (κ3) is 6.77. The van der Waals surface area contributed by atoms with E-state index in [9.17, 15) is 11.8 Å². The number of rotatable bonds is 7. The van der Waals surface area contributed by atoms with Gasteiger partial charge in [-0.05, 0) is 80.9 Å². The van der Waals surface area contributed by atoms with Crippen molar-refractivity contribution in [2.45, 2.75) is 0 Å². The zero-order valence-corrected chi connectivity index (χ0v) is 44.5. The molecule has 0 unspecified atom stereocenters. The average Bonchev–Trinajstić information content (AvgIpc) is 4.47. The summed E-state index contributed by atoms with van der Waals surface area (Å²) >= 11 is 3.61. The summed E-state index contributed by atoms with van der Waals surface area (Å²) in [6, 6.07) is 93.4. The predicted octanol–water partition coefficient (Wildman–Crippen LogP) is 21.4. The predicted molar refractivity (Wildman–Crippen MR) is 339 cm³/mol. The maximum Gasteiger partial charge on any atom is 0.220 e. The number of nitriles is 1. The molecule has 0 saturated heterocycles. The van der Waals surface area contributed by atoms with E-state index >= 15 is 0 Å². The topological polar surface area (TPSA) is 38.0 Å². The number of nitrogens with zero attached hydrogens (tertiary/aromatic N) is 4. The summed E-state index contributed by atoms with van der Waals surface area (Å²) in [6.07, 6.45) is 0. The number of aromatic nitrogens is 2. The fourth-order valence-electron chi connectivity index (χ4n) is 12.7. The molecule has 80 heavy (non-hydrogen) atoms. The van der Waals surface area contributed by atoms with Crippen LogP contribution in [0.3, 0.4) is 0 Å². The lowest BCUT2D eigenvalue weighted by Gasteiger charge is -2.26. The number of thiophene rings is 2. The first-order valence-electron chi connectivity index (χ1n) is 26.8. The monoisotopic (exact) mass is 1050 g/mol. The molecule has 12 aromatic carbocycles. The van der Waals surface area contributed by atoms with Crippen LogP contribution in [0.1, 0.15) is 5.56 Å². The van der Waals surface area contributed by atoms with Crippen molar-refractivity contribution in [3.8, 4) is 73.1 Å². The molecule has 0 atom stereocenters. The van der Waals surface area contributed by atoms with Crippen molar-refractivity contribution in [2.24, 2.45) is 0 Å². The van der Waals surface area contributed by atoms with Crippen LogP contribution in [-0.2, 0) is 0 Å². The first-order valence-corrected chi connectivity index (χ1v) is 28.4. The third-order valence-corrected chi connectivity index (χ3v) is 18.6. The quantitative estimate of drug-likeness (QED) is 0.147. The Balaban J connectivity index is 1.15. The standard InChI is InChI=1S/C74H42N4S2/c1-76-68-65(48-26-13-5-14-27-48)60(44-75)69(66(49-28-15-6-16-29-49)72(68)77-61-32-18-17-30-57(61)67-52(31-19-33-62(67)77)47-24-11-4-12-25-47)78-70-53(36-38-55-58-42-50(45-20-7-2-8-21-45)34-40-63(58)79-73(55)70)54-37-39-56-59-43-51(46-22-9-3-10-23-46)35-41-64(59)80-74(56)71(54)78/h2-43H. The minimum Gasteiger partial charge on any atom is -0.318 e. The fourth-order valence-corrected chi connectivity index (χ4v) is 15.2. The molecule has 0 saturated carbocycles. The Hall–Kier alpha value is -10.3. The molecule has 0 aliphatic heterocycles. The Bertz CT molecular complexity index is 5120. The van der Waals surface area contributed by atoms with Gasteiger partial charge >= 0.3 is 0 Å². The van der Waals surface area contributed by atoms with Crippen LogP contribution in [0, 0.1) is 17.9 Å². The highest BCUT2D eigenvalue weighted by atomic mass is 32.1. The summed E-state index contributed by atoms with van der Waals surface area (Å²) in [5.74, 6) is 0. The van der Waals surface area contributed by atoms with Crippen LogP contribution in [0.5, 0.6) is 0 Å². The molecule has 0 amide bonds. The van der Waals surface area contributed by atoms with Crippen LogP contribution >= 0.6 is 22.7 Å². The molecule has 0 bridgehead atoms. The number of hydrogen-bond donors (Lipinski definition) is 0. The van der Waals surface area contributed by atoms with Crippen LogP contribution in [-0.4, -0.2) is 9.13 Å². The molecule has 4 heterocycles. The first kappa shape index (κ1) is 45.8. The van der Waals surface area contributed by atoms with Crippen LogP contribution in [0.15, 0.2) is 255 Å². The molecule has 16 rings (SSSR count). The van der Waals surface area contributed by atoms with Crippen LogP contribution < -0.4 is 0 Å². The zero-order chi connectivity index (χ0) is 53.0. The molecule has 4 aromatic heterocycles. The Morgan fingerprint density at radius 2 is 0.825 bits per heavy atom. The van der Waals surface area contributed by atoms with Gasteiger partial charge < -0.3 is 9.13 Å². The molecule has 0 spiro atoms. The summed E-state index contributed by atoms with van der Waals surface area (Å²) in [6.45, 7) is 9.51. The average molecular weight is 1050 g/mol. The number of para-hydroxylation sites is 1. The fraction of sp³-hybridized carbons (Fsp3) is 0. The van der Waals surface area contributed by atoms with Gasteiger partial charge in [0, 0.05) is 63.6 Å². The van der Waals surface area contributed by atoms with Crippen LogP contribution in [0.4, 0.5) is 5.69 Å². The van der Waals surface area contributed by atoms with E-state index in [0.717, 1.165) is 114 Å². The largest absolute Gasteiger partial charge is 0.318 e. The molecule has 0 fully saturated rings. The summed E-state index contributed by atoms with van der Waals surface area (Å²) in [5, 5.41) is 21.4. The minimum atomic E-state index is 0.407. The van der Waals surface area contributed by atoms with Gasteiger partial charge in [0.25, 0.3) is 0 Å². The minimum absolute atomic E-state index is 0.407. The van der Waals surface area contributed by atoms with E-state index in [2.05, 4.69) is 251 Å².